The largest absolute Gasteiger partial charge is 0.334 e. The number of hydrogen-bond acceptors (Lipinski definition) is 1. The lowest BCUT2D eigenvalue weighted by Gasteiger charge is -2.01. The maximum absolute atomic E-state index is 4.39. The monoisotopic (exact) mass is 174 g/mol. The first-order valence-corrected chi connectivity index (χ1v) is 4.63. The molecule has 0 N–H and O–H groups in total. The summed E-state index contributed by atoms with van der Waals surface area (Å²) in [6, 6.07) is 4.40. The molecule has 0 fully saturated rings. The van der Waals surface area contributed by atoms with Crippen LogP contribution in [0.25, 0.3) is 11.0 Å². The third-order valence-electron chi connectivity index (χ3n) is 2.43. The van der Waals surface area contributed by atoms with Crippen molar-refractivity contribution in [3.8, 4) is 0 Å². The SMILES string of the molecule is CCc1cc(C)cc2c1ncn2C. The molecule has 0 amide bonds. The molecule has 0 spiro atoms. The van der Waals surface area contributed by atoms with Gasteiger partial charge in [0, 0.05) is 7.05 Å². The molecule has 13 heavy (non-hydrogen) atoms. The Labute approximate surface area is 78.2 Å². The minimum Gasteiger partial charge on any atom is -0.334 e. The van der Waals surface area contributed by atoms with Crippen molar-refractivity contribution in [2.75, 3.05) is 0 Å². The second-order valence-corrected chi connectivity index (χ2v) is 3.50. The molecular weight excluding hydrogens is 160 g/mol. The van der Waals surface area contributed by atoms with Gasteiger partial charge in [0.15, 0.2) is 0 Å². The summed E-state index contributed by atoms with van der Waals surface area (Å²) < 4.78 is 2.07. The predicted octanol–water partition coefficient (Wildman–Crippen LogP) is 2.44. The van der Waals surface area contributed by atoms with E-state index in [9.17, 15) is 0 Å². The summed E-state index contributed by atoms with van der Waals surface area (Å²) in [5.41, 5.74) is 5.04. The molecule has 68 valence electrons. The van der Waals surface area contributed by atoms with E-state index < -0.39 is 0 Å². The average molecular weight is 174 g/mol. The quantitative estimate of drug-likeness (QED) is 0.649. The third-order valence-corrected chi connectivity index (χ3v) is 2.43. The fourth-order valence-electron chi connectivity index (χ4n) is 1.73. The summed E-state index contributed by atoms with van der Waals surface area (Å²) in [6.07, 6.45) is 2.93. The van der Waals surface area contributed by atoms with Crippen molar-refractivity contribution in [2.24, 2.45) is 7.05 Å². The summed E-state index contributed by atoms with van der Waals surface area (Å²) in [5.74, 6) is 0. The van der Waals surface area contributed by atoms with Gasteiger partial charge in [0.1, 0.15) is 0 Å². The maximum Gasteiger partial charge on any atom is 0.0955 e. The van der Waals surface area contributed by atoms with Gasteiger partial charge in [-0.2, -0.15) is 0 Å². The van der Waals surface area contributed by atoms with Gasteiger partial charge >= 0.3 is 0 Å². The van der Waals surface area contributed by atoms with Crippen molar-refractivity contribution in [1.29, 1.82) is 0 Å². The van der Waals surface area contributed by atoms with Crippen LogP contribution in [-0.4, -0.2) is 9.55 Å². The van der Waals surface area contributed by atoms with Crippen LogP contribution in [0.4, 0.5) is 0 Å². The van der Waals surface area contributed by atoms with Gasteiger partial charge in [-0.15, -0.1) is 0 Å². The van der Waals surface area contributed by atoms with Crippen LogP contribution in [-0.2, 0) is 13.5 Å². The number of benzene rings is 1. The summed E-state index contributed by atoms with van der Waals surface area (Å²) in [6.45, 7) is 4.30. The van der Waals surface area contributed by atoms with E-state index in [0.717, 1.165) is 11.9 Å². The highest BCUT2D eigenvalue weighted by Gasteiger charge is 2.04. The lowest BCUT2D eigenvalue weighted by atomic mass is 10.1. The second kappa shape index (κ2) is 2.87. The van der Waals surface area contributed by atoms with E-state index in [2.05, 4.69) is 35.5 Å². The van der Waals surface area contributed by atoms with E-state index in [-0.39, 0.29) is 0 Å². The number of nitrogens with zero attached hydrogens (tertiary/aromatic N) is 2. The Bertz CT molecular complexity index is 441. The van der Waals surface area contributed by atoms with Crippen molar-refractivity contribution < 1.29 is 0 Å². The first-order chi connectivity index (χ1) is 6.22. The first kappa shape index (κ1) is 8.30. The molecular formula is C11H14N2. The topological polar surface area (TPSA) is 17.8 Å². The number of fused-ring (bicyclic) bond motifs is 1. The average Bonchev–Trinajstić information content (AvgIpc) is 2.47. The lowest BCUT2D eigenvalue weighted by molar-refractivity contribution is 0.947. The predicted molar refractivity (Wildman–Crippen MR) is 54.8 cm³/mol. The smallest absolute Gasteiger partial charge is 0.0955 e. The Kier molecular flexibility index (Phi) is 1.83. The van der Waals surface area contributed by atoms with Crippen LogP contribution in [0.1, 0.15) is 18.1 Å². The number of rotatable bonds is 1. The molecule has 0 unspecified atom stereocenters. The third kappa shape index (κ3) is 1.22. The molecule has 2 rings (SSSR count). The summed E-state index contributed by atoms with van der Waals surface area (Å²) in [4.78, 5) is 4.39. The molecule has 2 aromatic rings. The van der Waals surface area contributed by atoms with E-state index in [0.29, 0.717) is 0 Å². The van der Waals surface area contributed by atoms with Crippen molar-refractivity contribution in [3.05, 3.63) is 29.6 Å². The van der Waals surface area contributed by atoms with Gasteiger partial charge in [-0.25, -0.2) is 4.98 Å². The highest BCUT2D eigenvalue weighted by molar-refractivity contribution is 5.79. The summed E-state index contributed by atoms with van der Waals surface area (Å²) in [5, 5.41) is 0. The normalized spacial score (nSPS) is 11.0. The maximum atomic E-state index is 4.39. The molecule has 0 saturated carbocycles. The highest BCUT2D eigenvalue weighted by atomic mass is 15.0. The molecule has 0 saturated heterocycles. The fraction of sp³-hybridized carbons (Fsp3) is 0.364. The van der Waals surface area contributed by atoms with Crippen molar-refractivity contribution in [3.63, 3.8) is 0 Å². The van der Waals surface area contributed by atoms with Gasteiger partial charge in [0.2, 0.25) is 0 Å². The highest BCUT2D eigenvalue weighted by Crippen LogP contribution is 2.19. The van der Waals surface area contributed by atoms with Crippen LogP contribution in [0.15, 0.2) is 18.5 Å². The number of aromatic nitrogens is 2. The Hall–Kier alpha value is -1.31. The van der Waals surface area contributed by atoms with Crippen molar-refractivity contribution in [2.45, 2.75) is 20.3 Å². The minimum absolute atomic E-state index is 1.05. The van der Waals surface area contributed by atoms with Gasteiger partial charge < -0.3 is 4.57 Å². The molecule has 0 aliphatic carbocycles. The zero-order valence-electron chi connectivity index (χ0n) is 8.33. The summed E-state index contributed by atoms with van der Waals surface area (Å²) >= 11 is 0. The Morgan fingerprint density at radius 3 is 2.85 bits per heavy atom. The van der Waals surface area contributed by atoms with Crippen LogP contribution < -0.4 is 0 Å². The standard InChI is InChI=1S/C11H14N2/c1-4-9-5-8(2)6-10-11(9)12-7-13(10)3/h5-7H,4H2,1-3H3. The fourth-order valence-corrected chi connectivity index (χ4v) is 1.73. The lowest BCUT2D eigenvalue weighted by Crippen LogP contribution is -1.88. The first-order valence-electron chi connectivity index (χ1n) is 4.63. The molecule has 1 heterocycles. The van der Waals surface area contributed by atoms with Crippen LogP contribution in [0, 0.1) is 6.92 Å². The van der Waals surface area contributed by atoms with Gasteiger partial charge in [-0.3, -0.25) is 0 Å². The molecule has 0 aliphatic heterocycles. The molecule has 1 aromatic carbocycles. The van der Waals surface area contributed by atoms with E-state index >= 15 is 0 Å². The zero-order valence-corrected chi connectivity index (χ0v) is 8.33. The molecule has 2 heteroatoms. The van der Waals surface area contributed by atoms with Gasteiger partial charge in [-0.1, -0.05) is 13.0 Å². The van der Waals surface area contributed by atoms with Crippen LogP contribution in [0.2, 0.25) is 0 Å². The van der Waals surface area contributed by atoms with E-state index in [1.807, 2.05) is 13.4 Å². The number of imidazole rings is 1. The minimum atomic E-state index is 1.05. The molecule has 0 bridgehead atoms. The zero-order chi connectivity index (χ0) is 9.42. The molecule has 0 atom stereocenters. The number of aryl methyl sites for hydroxylation is 3. The van der Waals surface area contributed by atoms with Crippen LogP contribution >= 0.6 is 0 Å². The molecule has 1 aromatic heterocycles. The summed E-state index contributed by atoms with van der Waals surface area (Å²) in [7, 11) is 2.04. The van der Waals surface area contributed by atoms with Gasteiger partial charge in [-0.05, 0) is 30.5 Å². The second-order valence-electron chi connectivity index (χ2n) is 3.50. The molecule has 0 aliphatic rings. The number of hydrogen-bond donors (Lipinski definition) is 0. The van der Waals surface area contributed by atoms with Crippen molar-refractivity contribution >= 4 is 11.0 Å². The Morgan fingerprint density at radius 1 is 1.38 bits per heavy atom. The van der Waals surface area contributed by atoms with E-state index in [4.69, 9.17) is 0 Å². The molecule has 0 radical (unpaired) electrons. The van der Waals surface area contributed by atoms with Crippen LogP contribution in [0.5, 0.6) is 0 Å². The van der Waals surface area contributed by atoms with E-state index in [1.165, 1.54) is 16.6 Å². The Morgan fingerprint density at radius 2 is 2.15 bits per heavy atom. The van der Waals surface area contributed by atoms with E-state index in [1.54, 1.807) is 0 Å². The molecule has 2 nitrogen and oxygen atoms in total. The Balaban J connectivity index is 2.84. The van der Waals surface area contributed by atoms with Gasteiger partial charge in [0.25, 0.3) is 0 Å². The van der Waals surface area contributed by atoms with Crippen molar-refractivity contribution in [1.82, 2.24) is 9.55 Å². The van der Waals surface area contributed by atoms with Crippen LogP contribution in [0.3, 0.4) is 0 Å². The van der Waals surface area contributed by atoms with Gasteiger partial charge in [0.05, 0.1) is 17.4 Å².